The highest BCUT2D eigenvalue weighted by atomic mass is 32.2. The molecule has 0 aliphatic rings. The number of halogens is 3. The molecule has 14 heavy (non-hydrogen) atoms. The fraction of sp³-hybridized carbons (Fsp3) is 1.00. The van der Waals surface area contributed by atoms with E-state index in [0.717, 1.165) is 0 Å². The Balaban J connectivity index is 4.43. The van der Waals surface area contributed by atoms with Crippen molar-refractivity contribution in [3.63, 3.8) is 0 Å². The predicted octanol–water partition coefficient (Wildman–Crippen LogP) is 0.816. The van der Waals surface area contributed by atoms with Crippen molar-refractivity contribution in [3.05, 3.63) is 0 Å². The minimum absolute atomic E-state index is 0.300. The van der Waals surface area contributed by atoms with Crippen LogP contribution >= 0.6 is 0 Å². The zero-order valence-electron chi connectivity index (χ0n) is 7.97. The number of alkyl halides is 3. The second-order valence-corrected chi connectivity index (χ2v) is 9.27. The molecule has 0 radical (unpaired) electrons. The molecule has 86 valence electrons. The van der Waals surface area contributed by atoms with Crippen LogP contribution in [0.15, 0.2) is 0 Å². The topological polar surface area (TPSA) is 55.4 Å². The standard InChI is InChI=1S/C5H12F3NO3SSi/c1-12-14(2,3)4-9-13(10,11)5(6,7)8/h9H,4H2,1-3H3. The lowest BCUT2D eigenvalue weighted by Crippen LogP contribution is -2.47. The van der Waals surface area contributed by atoms with Gasteiger partial charge in [0, 0.05) is 13.3 Å². The van der Waals surface area contributed by atoms with Gasteiger partial charge in [0.15, 0.2) is 0 Å². The molecule has 0 spiro atoms. The van der Waals surface area contributed by atoms with Crippen LogP contribution in [0.4, 0.5) is 13.2 Å². The summed E-state index contributed by atoms with van der Waals surface area (Å²) in [4.78, 5) is 0. The van der Waals surface area contributed by atoms with Gasteiger partial charge < -0.3 is 4.43 Å². The highest BCUT2D eigenvalue weighted by molar-refractivity contribution is 7.90. The van der Waals surface area contributed by atoms with Crippen molar-refractivity contribution in [3.8, 4) is 0 Å². The van der Waals surface area contributed by atoms with Crippen LogP contribution in [-0.4, -0.2) is 35.5 Å². The van der Waals surface area contributed by atoms with Crippen molar-refractivity contribution in [2.75, 3.05) is 13.3 Å². The molecule has 0 heterocycles. The van der Waals surface area contributed by atoms with Crippen molar-refractivity contribution in [1.29, 1.82) is 0 Å². The molecule has 0 aliphatic carbocycles. The Hall–Kier alpha value is -0.123. The van der Waals surface area contributed by atoms with E-state index in [1.807, 2.05) is 0 Å². The lowest BCUT2D eigenvalue weighted by molar-refractivity contribution is -0.0446. The summed E-state index contributed by atoms with van der Waals surface area (Å²) in [5.74, 6) is 0. The molecule has 0 unspecified atom stereocenters. The van der Waals surface area contributed by atoms with E-state index >= 15 is 0 Å². The summed E-state index contributed by atoms with van der Waals surface area (Å²) >= 11 is 0. The van der Waals surface area contributed by atoms with E-state index in [2.05, 4.69) is 0 Å². The summed E-state index contributed by atoms with van der Waals surface area (Å²) in [6.07, 6.45) is -0.300. The van der Waals surface area contributed by atoms with Crippen LogP contribution in [0, 0.1) is 0 Å². The third-order valence-corrected chi connectivity index (χ3v) is 5.07. The number of hydrogen-bond acceptors (Lipinski definition) is 3. The highest BCUT2D eigenvalue weighted by Crippen LogP contribution is 2.21. The van der Waals surface area contributed by atoms with Gasteiger partial charge in [-0.05, 0) is 13.1 Å². The van der Waals surface area contributed by atoms with Crippen LogP contribution in [0.2, 0.25) is 13.1 Å². The van der Waals surface area contributed by atoms with Crippen LogP contribution in [0.5, 0.6) is 0 Å². The average molecular weight is 251 g/mol. The average Bonchev–Trinajstić information content (AvgIpc) is 1.99. The van der Waals surface area contributed by atoms with Crippen molar-refractivity contribution in [2.45, 2.75) is 18.6 Å². The first-order valence-electron chi connectivity index (χ1n) is 3.63. The van der Waals surface area contributed by atoms with Crippen LogP contribution in [0.3, 0.4) is 0 Å². The van der Waals surface area contributed by atoms with E-state index in [0.29, 0.717) is 0 Å². The zero-order valence-corrected chi connectivity index (χ0v) is 9.79. The SMILES string of the molecule is CO[Si](C)(C)CNS(=O)(=O)C(F)(F)F. The van der Waals surface area contributed by atoms with Crippen LogP contribution in [0.25, 0.3) is 0 Å². The summed E-state index contributed by atoms with van der Waals surface area (Å²) in [6, 6.07) is 0. The van der Waals surface area contributed by atoms with E-state index in [-0.39, 0.29) is 6.17 Å². The number of nitrogens with one attached hydrogen (secondary N) is 1. The third-order valence-electron chi connectivity index (χ3n) is 1.55. The maximum absolute atomic E-state index is 11.8. The van der Waals surface area contributed by atoms with Gasteiger partial charge in [-0.15, -0.1) is 0 Å². The molecule has 0 aromatic rings. The van der Waals surface area contributed by atoms with Crippen molar-refractivity contribution >= 4 is 18.3 Å². The summed E-state index contributed by atoms with van der Waals surface area (Å²) in [7, 11) is -6.25. The van der Waals surface area contributed by atoms with Gasteiger partial charge in [-0.3, -0.25) is 0 Å². The van der Waals surface area contributed by atoms with Gasteiger partial charge >= 0.3 is 15.5 Å². The van der Waals surface area contributed by atoms with Crippen LogP contribution in [0.1, 0.15) is 0 Å². The van der Waals surface area contributed by atoms with Crippen LogP contribution in [-0.2, 0) is 14.4 Å². The van der Waals surface area contributed by atoms with Gasteiger partial charge in [-0.1, -0.05) is 0 Å². The molecule has 4 nitrogen and oxygen atoms in total. The summed E-state index contributed by atoms with van der Waals surface area (Å²) in [5.41, 5.74) is -5.26. The normalized spacial score (nSPS) is 14.4. The fourth-order valence-corrected chi connectivity index (χ4v) is 2.88. The van der Waals surface area contributed by atoms with Gasteiger partial charge in [-0.25, -0.2) is 13.1 Å². The number of hydrogen-bond donors (Lipinski definition) is 1. The van der Waals surface area contributed by atoms with Crippen LogP contribution < -0.4 is 4.72 Å². The molecule has 0 amide bonds. The van der Waals surface area contributed by atoms with Gasteiger partial charge in [0.1, 0.15) is 0 Å². The first-order valence-corrected chi connectivity index (χ1v) is 8.23. The molecule has 0 bridgehead atoms. The maximum Gasteiger partial charge on any atom is 0.511 e. The molecule has 0 aliphatic heterocycles. The quantitative estimate of drug-likeness (QED) is 0.752. The Morgan fingerprint density at radius 2 is 1.79 bits per heavy atom. The molecular weight excluding hydrogens is 239 g/mol. The lowest BCUT2D eigenvalue weighted by Gasteiger charge is -2.20. The molecular formula is C5H12F3NO3SSi. The minimum atomic E-state index is -5.26. The van der Waals surface area contributed by atoms with E-state index in [1.54, 1.807) is 13.1 Å². The summed E-state index contributed by atoms with van der Waals surface area (Å²) in [5, 5.41) is 0. The summed E-state index contributed by atoms with van der Waals surface area (Å²) in [6.45, 7) is 3.21. The highest BCUT2D eigenvalue weighted by Gasteiger charge is 2.46. The molecule has 9 heteroatoms. The number of sulfonamides is 1. The maximum atomic E-state index is 11.8. The predicted molar refractivity (Wildman–Crippen MR) is 47.5 cm³/mol. The minimum Gasteiger partial charge on any atom is -0.419 e. The first-order chi connectivity index (χ1) is 6.02. The molecule has 0 aromatic heterocycles. The Kier molecular flexibility index (Phi) is 4.13. The molecule has 0 saturated carbocycles. The fourth-order valence-electron chi connectivity index (χ4n) is 0.423. The zero-order chi connectivity index (χ0) is 11.6. The Morgan fingerprint density at radius 1 is 1.36 bits per heavy atom. The molecule has 0 fully saturated rings. The van der Waals surface area contributed by atoms with Crippen molar-refractivity contribution in [1.82, 2.24) is 4.72 Å². The summed E-state index contributed by atoms with van der Waals surface area (Å²) < 4.78 is 63.0. The smallest absolute Gasteiger partial charge is 0.419 e. The third kappa shape index (κ3) is 3.94. The van der Waals surface area contributed by atoms with Gasteiger partial charge in [-0.2, -0.15) is 13.2 Å². The number of rotatable bonds is 4. The Bertz CT molecular complexity index is 287. The monoisotopic (exact) mass is 251 g/mol. The van der Waals surface area contributed by atoms with E-state index < -0.39 is 23.8 Å². The largest absolute Gasteiger partial charge is 0.511 e. The van der Waals surface area contributed by atoms with Crippen molar-refractivity contribution in [2.24, 2.45) is 0 Å². The van der Waals surface area contributed by atoms with Gasteiger partial charge in [0.2, 0.25) is 8.32 Å². The molecule has 0 rings (SSSR count). The van der Waals surface area contributed by atoms with Crippen molar-refractivity contribution < 1.29 is 26.0 Å². The van der Waals surface area contributed by atoms with Gasteiger partial charge in [0.25, 0.3) is 0 Å². The second-order valence-electron chi connectivity index (χ2n) is 3.23. The molecule has 0 aromatic carbocycles. The second kappa shape index (κ2) is 4.17. The molecule has 0 atom stereocenters. The van der Waals surface area contributed by atoms with E-state index in [1.165, 1.54) is 11.8 Å². The Labute approximate surface area is 81.6 Å². The van der Waals surface area contributed by atoms with E-state index in [4.69, 9.17) is 4.43 Å². The lowest BCUT2D eigenvalue weighted by atomic mass is 11.5. The van der Waals surface area contributed by atoms with Gasteiger partial charge in [0.05, 0.1) is 0 Å². The Morgan fingerprint density at radius 3 is 2.07 bits per heavy atom. The first kappa shape index (κ1) is 13.9. The molecule has 1 N–H and O–H groups in total. The molecule has 0 saturated heterocycles. The van der Waals surface area contributed by atoms with E-state index in [9.17, 15) is 21.6 Å².